The molecule has 0 spiro atoms. The van der Waals surface area contributed by atoms with Crippen LogP contribution in [0.1, 0.15) is 63.9 Å². The van der Waals surface area contributed by atoms with E-state index in [2.05, 4.69) is 12.2 Å². The highest BCUT2D eigenvalue weighted by molar-refractivity contribution is 6.33. The number of halogens is 1. The smallest absolute Gasteiger partial charge is 0.396 e. The van der Waals surface area contributed by atoms with Crippen LogP contribution in [0.2, 0.25) is 5.02 Å². The lowest BCUT2D eigenvalue weighted by Gasteiger charge is -2.07. The highest BCUT2D eigenvalue weighted by Crippen LogP contribution is 2.14. The van der Waals surface area contributed by atoms with Gasteiger partial charge in [-0.05, 0) is 18.1 Å². The fourth-order valence-corrected chi connectivity index (χ4v) is 2.56. The van der Waals surface area contributed by atoms with E-state index in [4.69, 9.17) is 16.3 Å². The Bertz CT molecular complexity index is 505. The van der Waals surface area contributed by atoms with Gasteiger partial charge in [0.15, 0.2) is 0 Å². The molecule has 0 bridgehead atoms. The topological polar surface area (TPSA) is 55.4 Å². The number of esters is 1. The van der Waals surface area contributed by atoms with E-state index >= 15 is 0 Å². The second kappa shape index (κ2) is 12.8. The Morgan fingerprint density at radius 2 is 1.62 bits per heavy atom. The van der Waals surface area contributed by atoms with Crippen LogP contribution in [0.5, 0.6) is 0 Å². The van der Waals surface area contributed by atoms with Gasteiger partial charge < -0.3 is 10.1 Å². The van der Waals surface area contributed by atoms with E-state index in [0.29, 0.717) is 11.6 Å². The molecule has 0 aliphatic heterocycles. The van der Waals surface area contributed by atoms with Gasteiger partial charge in [-0.15, -0.1) is 0 Å². The highest BCUT2D eigenvalue weighted by atomic mass is 35.5. The number of unbranched alkanes of at least 4 members (excludes halogenated alkanes) is 7. The molecular weight excluding hydrogens is 326 g/mol. The van der Waals surface area contributed by atoms with Gasteiger partial charge in [0, 0.05) is 11.6 Å². The van der Waals surface area contributed by atoms with E-state index in [1.54, 1.807) is 12.1 Å². The summed E-state index contributed by atoms with van der Waals surface area (Å²) in [6.45, 7) is 2.72. The third kappa shape index (κ3) is 8.92. The van der Waals surface area contributed by atoms with Gasteiger partial charge in [-0.25, -0.2) is 4.79 Å². The molecule has 1 aromatic carbocycles. The summed E-state index contributed by atoms with van der Waals surface area (Å²) in [6.07, 6.45) is 9.36. The first-order valence-corrected chi connectivity index (χ1v) is 9.21. The fourth-order valence-electron chi connectivity index (χ4n) is 2.36. The van der Waals surface area contributed by atoms with E-state index in [1.807, 2.05) is 12.1 Å². The third-order valence-corrected chi connectivity index (χ3v) is 4.18. The van der Waals surface area contributed by atoms with Crippen LogP contribution in [0, 0.1) is 0 Å². The molecule has 1 aromatic rings. The molecule has 0 atom stereocenters. The largest absolute Gasteiger partial charge is 0.459 e. The van der Waals surface area contributed by atoms with Crippen LogP contribution in [0.25, 0.3) is 0 Å². The van der Waals surface area contributed by atoms with Gasteiger partial charge in [-0.3, -0.25) is 4.79 Å². The highest BCUT2D eigenvalue weighted by Gasteiger charge is 2.14. The molecule has 24 heavy (non-hydrogen) atoms. The molecule has 1 amide bonds. The molecule has 1 N–H and O–H groups in total. The van der Waals surface area contributed by atoms with E-state index in [-0.39, 0.29) is 6.54 Å². The van der Waals surface area contributed by atoms with Gasteiger partial charge in [0.05, 0.1) is 6.61 Å². The molecule has 0 radical (unpaired) electrons. The molecule has 0 aliphatic rings. The first kappa shape index (κ1) is 20.5. The quantitative estimate of drug-likeness (QED) is 0.358. The lowest BCUT2D eigenvalue weighted by atomic mass is 10.1. The molecule has 0 fully saturated rings. The average molecular weight is 354 g/mol. The van der Waals surface area contributed by atoms with Gasteiger partial charge in [-0.2, -0.15) is 0 Å². The van der Waals surface area contributed by atoms with Crippen molar-refractivity contribution in [2.45, 2.75) is 64.8 Å². The Balaban J connectivity index is 2.06. The summed E-state index contributed by atoms with van der Waals surface area (Å²) in [7, 11) is 0. The maximum absolute atomic E-state index is 11.7. The van der Waals surface area contributed by atoms with Crippen molar-refractivity contribution in [2.24, 2.45) is 0 Å². The molecule has 134 valence electrons. The summed E-state index contributed by atoms with van der Waals surface area (Å²) in [5.74, 6) is -1.56. The lowest BCUT2D eigenvalue weighted by Crippen LogP contribution is -2.32. The van der Waals surface area contributed by atoms with Gasteiger partial charge in [-0.1, -0.05) is 81.7 Å². The van der Waals surface area contributed by atoms with E-state index in [9.17, 15) is 9.59 Å². The summed E-state index contributed by atoms with van der Waals surface area (Å²) >= 11 is 5.99. The predicted octanol–water partition coefficient (Wildman–Crippen LogP) is 4.64. The van der Waals surface area contributed by atoms with Gasteiger partial charge in [0.1, 0.15) is 0 Å². The zero-order valence-electron chi connectivity index (χ0n) is 14.5. The van der Waals surface area contributed by atoms with Crippen LogP contribution in [-0.4, -0.2) is 18.5 Å². The van der Waals surface area contributed by atoms with Crippen LogP contribution < -0.4 is 5.32 Å². The minimum Gasteiger partial charge on any atom is -0.459 e. The molecule has 0 saturated heterocycles. The van der Waals surface area contributed by atoms with Gasteiger partial charge in [0.2, 0.25) is 0 Å². The van der Waals surface area contributed by atoms with Crippen molar-refractivity contribution in [3.8, 4) is 0 Å². The molecule has 0 aliphatic carbocycles. The first-order valence-electron chi connectivity index (χ1n) is 8.83. The monoisotopic (exact) mass is 353 g/mol. The van der Waals surface area contributed by atoms with Crippen molar-refractivity contribution in [3.63, 3.8) is 0 Å². The van der Waals surface area contributed by atoms with Gasteiger partial charge >= 0.3 is 11.9 Å². The first-order chi connectivity index (χ1) is 11.6. The Morgan fingerprint density at radius 1 is 1.00 bits per heavy atom. The second-order valence-electron chi connectivity index (χ2n) is 5.88. The lowest BCUT2D eigenvalue weighted by molar-refractivity contribution is -0.155. The van der Waals surface area contributed by atoms with E-state index in [1.165, 1.54) is 32.1 Å². The fraction of sp³-hybridized carbons (Fsp3) is 0.579. The van der Waals surface area contributed by atoms with E-state index in [0.717, 1.165) is 24.8 Å². The van der Waals surface area contributed by atoms with E-state index < -0.39 is 11.9 Å². The Morgan fingerprint density at radius 3 is 2.29 bits per heavy atom. The Hall–Kier alpha value is -1.55. The molecular formula is C19H28ClNO3. The minimum absolute atomic E-state index is 0.214. The number of carbonyl (C=O) groups excluding carboxylic acids is 2. The van der Waals surface area contributed by atoms with Crippen molar-refractivity contribution in [3.05, 3.63) is 34.9 Å². The number of rotatable bonds is 11. The SMILES string of the molecule is CCCCCCCCCCOC(=O)C(=O)NCc1ccccc1Cl. The van der Waals surface area contributed by atoms with Crippen LogP contribution in [0.4, 0.5) is 0 Å². The predicted molar refractivity (Wildman–Crippen MR) is 96.9 cm³/mol. The third-order valence-electron chi connectivity index (χ3n) is 3.81. The number of ether oxygens (including phenoxy) is 1. The summed E-state index contributed by atoms with van der Waals surface area (Å²) < 4.78 is 4.98. The van der Waals surface area contributed by atoms with Gasteiger partial charge in [0.25, 0.3) is 0 Å². The molecule has 0 aromatic heterocycles. The van der Waals surface area contributed by atoms with Crippen LogP contribution >= 0.6 is 11.6 Å². The zero-order chi connectivity index (χ0) is 17.6. The Kier molecular flexibility index (Phi) is 10.9. The number of carbonyl (C=O) groups is 2. The van der Waals surface area contributed by atoms with Crippen molar-refractivity contribution >= 4 is 23.5 Å². The summed E-state index contributed by atoms with van der Waals surface area (Å²) in [6, 6.07) is 7.18. The summed E-state index contributed by atoms with van der Waals surface area (Å²) in [4.78, 5) is 23.3. The second-order valence-corrected chi connectivity index (χ2v) is 6.29. The van der Waals surface area contributed by atoms with Crippen LogP contribution in [0.15, 0.2) is 24.3 Å². The number of amides is 1. The molecule has 0 unspecified atom stereocenters. The van der Waals surface area contributed by atoms with Crippen molar-refractivity contribution in [2.75, 3.05) is 6.61 Å². The number of hydrogen-bond donors (Lipinski definition) is 1. The van der Waals surface area contributed by atoms with Crippen molar-refractivity contribution in [1.82, 2.24) is 5.32 Å². The normalized spacial score (nSPS) is 10.4. The molecule has 1 rings (SSSR count). The van der Waals surface area contributed by atoms with Crippen molar-refractivity contribution < 1.29 is 14.3 Å². The minimum atomic E-state index is -0.829. The van der Waals surface area contributed by atoms with Crippen LogP contribution in [0.3, 0.4) is 0 Å². The summed E-state index contributed by atoms with van der Waals surface area (Å²) in [5.41, 5.74) is 0.767. The van der Waals surface area contributed by atoms with Crippen LogP contribution in [-0.2, 0) is 20.9 Å². The number of nitrogens with one attached hydrogen (secondary N) is 1. The summed E-state index contributed by atoms with van der Waals surface area (Å²) in [5, 5.41) is 3.08. The maximum atomic E-state index is 11.7. The van der Waals surface area contributed by atoms with Crippen molar-refractivity contribution in [1.29, 1.82) is 0 Å². The Labute approximate surface area is 149 Å². The molecule has 0 saturated carbocycles. The maximum Gasteiger partial charge on any atom is 0.396 e. The number of benzene rings is 1. The number of hydrogen-bond acceptors (Lipinski definition) is 3. The standard InChI is InChI=1S/C19H28ClNO3/c1-2-3-4-5-6-7-8-11-14-24-19(23)18(22)21-15-16-12-9-10-13-17(16)20/h9-10,12-13H,2-8,11,14-15H2,1H3,(H,21,22). The molecule has 0 heterocycles. The molecule has 4 nitrogen and oxygen atoms in total. The average Bonchev–Trinajstić information content (AvgIpc) is 2.59. The molecule has 5 heteroatoms. The zero-order valence-corrected chi connectivity index (χ0v) is 15.2.